The Balaban J connectivity index is 1.54. The van der Waals surface area contributed by atoms with Crippen molar-refractivity contribution in [3.05, 3.63) is 61.2 Å². The lowest BCUT2D eigenvalue weighted by Crippen LogP contribution is -2.60. The molecule has 2 unspecified atom stereocenters. The van der Waals surface area contributed by atoms with E-state index in [0.717, 1.165) is 44.1 Å². The summed E-state index contributed by atoms with van der Waals surface area (Å²) in [5.74, 6) is -2.59. The van der Waals surface area contributed by atoms with E-state index < -0.39 is 41.1 Å². The summed E-state index contributed by atoms with van der Waals surface area (Å²) >= 11 is 0. The van der Waals surface area contributed by atoms with Gasteiger partial charge < -0.3 is 24.4 Å². The van der Waals surface area contributed by atoms with Crippen molar-refractivity contribution in [3.63, 3.8) is 0 Å². The molecule has 1 aromatic carbocycles. The number of allylic oxidation sites excluding steroid dienone is 1. The number of aliphatic hydroxyl groups excluding tert-OH is 1. The molecule has 0 radical (unpaired) electrons. The molecule has 6 atom stereocenters. The van der Waals surface area contributed by atoms with Crippen LogP contribution in [0.3, 0.4) is 0 Å². The Hall–Kier alpha value is -2.97. The van der Waals surface area contributed by atoms with Crippen molar-refractivity contribution in [2.45, 2.75) is 100 Å². The van der Waals surface area contributed by atoms with Crippen LogP contribution >= 0.6 is 0 Å². The van der Waals surface area contributed by atoms with Crippen LogP contribution in [0.1, 0.15) is 70.3 Å². The van der Waals surface area contributed by atoms with E-state index in [9.17, 15) is 19.5 Å². The molecule has 2 amide bonds. The van der Waals surface area contributed by atoms with Gasteiger partial charge in [0.25, 0.3) is 0 Å². The molecule has 42 heavy (non-hydrogen) atoms. The Bertz CT molecular complexity index is 1170. The van der Waals surface area contributed by atoms with Gasteiger partial charge >= 0.3 is 5.97 Å². The van der Waals surface area contributed by atoms with E-state index in [1.165, 1.54) is 0 Å². The number of likely N-dealkylation sites (tertiary alicyclic amines) is 1. The van der Waals surface area contributed by atoms with Crippen LogP contribution in [0, 0.1) is 11.8 Å². The number of aliphatic hydroxyl groups is 1. The number of fused-ring (bicyclic) bond motifs is 1. The molecule has 228 valence electrons. The van der Waals surface area contributed by atoms with E-state index in [2.05, 4.69) is 13.2 Å². The predicted octanol–water partition coefficient (Wildman–Crippen LogP) is 4.21. The Morgan fingerprint density at radius 2 is 1.90 bits per heavy atom. The molecular formula is C34H46N2O6. The van der Waals surface area contributed by atoms with Crippen LogP contribution in [-0.2, 0) is 30.3 Å². The van der Waals surface area contributed by atoms with Crippen molar-refractivity contribution in [1.29, 1.82) is 0 Å². The zero-order valence-corrected chi connectivity index (χ0v) is 24.9. The van der Waals surface area contributed by atoms with Crippen molar-refractivity contribution in [2.75, 3.05) is 19.8 Å². The first kappa shape index (κ1) is 30.5. The summed E-state index contributed by atoms with van der Waals surface area (Å²) in [6.45, 7) is 9.83. The normalized spacial score (nSPS) is 31.0. The highest BCUT2D eigenvalue weighted by Crippen LogP contribution is 2.64. The molecule has 3 aliphatic heterocycles. The van der Waals surface area contributed by atoms with E-state index >= 15 is 0 Å². The lowest BCUT2D eigenvalue weighted by molar-refractivity contribution is -0.162. The summed E-state index contributed by atoms with van der Waals surface area (Å²) in [6.07, 6.45) is 11.4. The highest BCUT2D eigenvalue weighted by molar-refractivity contribution is 5.99. The van der Waals surface area contributed by atoms with Crippen molar-refractivity contribution in [3.8, 4) is 0 Å². The third kappa shape index (κ3) is 5.32. The molecule has 8 nitrogen and oxygen atoms in total. The standard InChI is InChI=1S/C34H46N2O6/c1-4-6-13-21-41-32(40)28-27-30(38)36(26(23-37)22-24-14-9-7-10-15-24)29(34(27)19-18-33(28,3)42-34)31(39)35(20-5-2)25-16-11-8-12-17-25/h4-5,7,9-10,14-15,25-29,37H,1-2,6,8,11-13,16-23H2,3H3/t26-,27+,28+,29?,33-,34?/m1/s1. The number of carbonyl (C=O) groups excluding carboxylic acids is 3. The summed E-state index contributed by atoms with van der Waals surface area (Å²) < 4.78 is 12.5. The van der Waals surface area contributed by atoms with Crippen molar-refractivity contribution >= 4 is 17.8 Å². The highest BCUT2D eigenvalue weighted by Gasteiger charge is 2.79. The third-order valence-electron chi connectivity index (χ3n) is 10.0. The second-order valence-electron chi connectivity index (χ2n) is 12.7. The van der Waals surface area contributed by atoms with E-state index in [1.807, 2.05) is 42.2 Å². The number of carbonyl (C=O) groups is 3. The zero-order valence-electron chi connectivity index (χ0n) is 24.9. The molecule has 1 spiro atoms. The van der Waals surface area contributed by atoms with E-state index in [0.29, 0.717) is 32.2 Å². The number of hydrogen-bond acceptors (Lipinski definition) is 6. The predicted molar refractivity (Wildman–Crippen MR) is 159 cm³/mol. The van der Waals surface area contributed by atoms with Gasteiger partial charge in [-0.2, -0.15) is 0 Å². The first-order valence-electron chi connectivity index (χ1n) is 15.7. The maximum atomic E-state index is 14.8. The fourth-order valence-electron chi connectivity index (χ4n) is 8.13. The Morgan fingerprint density at radius 3 is 2.57 bits per heavy atom. The van der Waals surface area contributed by atoms with Gasteiger partial charge in [0.05, 0.1) is 30.8 Å². The zero-order chi connectivity index (χ0) is 29.9. The molecule has 1 aliphatic carbocycles. The number of rotatable bonds is 13. The van der Waals surface area contributed by atoms with E-state index in [1.54, 1.807) is 17.1 Å². The molecule has 3 saturated heterocycles. The first-order chi connectivity index (χ1) is 20.3. The van der Waals surface area contributed by atoms with Crippen LogP contribution < -0.4 is 0 Å². The summed E-state index contributed by atoms with van der Waals surface area (Å²) in [7, 11) is 0. The number of esters is 1. The fraction of sp³-hybridized carbons (Fsp3) is 0.618. The van der Waals surface area contributed by atoms with E-state index in [-0.39, 0.29) is 31.1 Å². The van der Waals surface area contributed by atoms with Gasteiger partial charge in [0.1, 0.15) is 17.6 Å². The SMILES string of the molecule is C=CCCCOC(=O)[C@@H]1[C@H]2C(=O)N([C@@H](CO)Cc3ccccc3)C(C(=O)N(CC=C)C3CCCCC3)C23CC[C@@]1(C)O3. The maximum Gasteiger partial charge on any atom is 0.312 e. The number of nitrogens with zero attached hydrogens (tertiary/aromatic N) is 2. The number of benzene rings is 1. The first-order valence-corrected chi connectivity index (χ1v) is 15.7. The van der Waals surface area contributed by atoms with Crippen molar-refractivity contribution in [1.82, 2.24) is 9.80 Å². The smallest absolute Gasteiger partial charge is 0.312 e. The molecule has 2 bridgehead atoms. The lowest BCUT2D eigenvalue weighted by atomic mass is 9.66. The average molecular weight is 579 g/mol. The summed E-state index contributed by atoms with van der Waals surface area (Å²) in [6, 6.07) is 8.13. The van der Waals surface area contributed by atoms with Crippen molar-refractivity contribution < 1.29 is 29.0 Å². The summed E-state index contributed by atoms with van der Waals surface area (Å²) in [4.78, 5) is 46.5. The molecule has 4 aliphatic rings. The third-order valence-corrected chi connectivity index (χ3v) is 10.0. The van der Waals surface area contributed by atoms with Crippen LogP contribution in [0.25, 0.3) is 0 Å². The number of hydrogen-bond donors (Lipinski definition) is 1. The van der Waals surface area contributed by atoms with Gasteiger partial charge in [-0.15, -0.1) is 13.2 Å². The highest BCUT2D eigenvalue weighted by atomic mass is 16.6. The molecule has 5 rings (SSSR count). The number of ether oxygens (including phenoxy) is 2. The molecule has 8 heteroatoms. The Labute approximate surface area is 249 Å². The largest absolute Gasteiger partial charge is 0.465 e. The molecule has 4 fully saturated rings. The lowest BCUT2D eigenvalue weighted by Gasteiger charge is -2.42. The minimum atomic E-state index is -1.16. The Kier molecular flexibility index (Phi) is 9.23. The molecule has 1 aromatic rings. The van der Waals surface area contributed by atoms with Crippen molar-refractivity contribution in [2.24, 2.45) is 11.8 Å². The van der Waals surface area contributed by atoms with Gasteiger partial charge in [-0.3, -0.25) is 14.4 Å². The van der Waals surface area contributed by atoms with Gasteiger partial charge in [0, 0.05) is 12.6 Å². The summed E-state index contributed by atoms with van der Waals surface area (Å²) in [5.41, 5.74) is -1.11. The van der Waals surface area contributed by atoms with Gasteiger partial charge in [-0.1, -0.05) is 61.7 Å². The van der Waals surface area contributed by atoms with Gasteiger partial charge in [0.15, 0.2) is 0 Å². The second kappa shape index (κ2) is 12.7. The van der Waals surface area contributed by atoms with Gasteiger partial charge in [-0.25, -0.2) is 0 Å². The molecule has 3 heterocycles. The average Bonchev–Trinajstić information content (AvgIpc) is 3.58. The Morgan fingerprint density at radius 1 is 1.17 bits per heavy atom. The fourth-order valence-corrected chi connectivity index (χ4v) is 8.13. The summed E-state index contributed by atoms with van der Waals surface area (Å²) in [5, 5.41) is 10.7. The van der Waals surface area contributed by atoms with Crippen LogP contribution in [0.2, 0.25) is 0 Å². The van der Waals surface area contributed by atoms with Gasteiger partial charge in [-0.05, 0) is 57.4 Å². The quantitative estimate of drug-likeness (QED) is 0.214. The van der Waals surface area contributed by atoms with Gasteiger partial charge in [0.2, 0.25) is 11.8 Å². The van der Waals surface area contributed by atoms with Crippen LogP contribution in [0.5, 0.6) is 0 Å². The number of amides is 2. The second-order valence-corrected chi connectivity index (χ2v) is 12.7. The topological polar surface area (TPSA) is 96.4 Å². The number of unbranched alkanes of at least 4 members (excludes halogenated alkanes) is 1. The minimum absolute atomic E-state index is 0.0539. The molecule has 0 aromatic heterocycles. The molecule has 1 N–H and O–H groups in total. The maximum absolute atomic E-state index is 14.8. The van der Waals surface area contributed by atoms with E-state index in [4.69, 9.17) is 9.47 Å². The monoisotopic (exact) mass is 578 g/mol. The van der Waals surface area contributed by atoms with Crippen LogP contribution in [0.15, 0.2) is 55.6 Å². The minimum Gasteiger partial charge on any atom is -0.465 e. The molecule has 1 saturated carbocycles. The van der Waals surface area contributed by atoms with Crippen LogP contribution in [-0.4, -0.2) is 81.8 Å². The molecular weight excluding hydrogens is 532 g/mol. The van der Waals surface area contributed by atoms with Crippen LogP contribution in [0.4, 0.5) is 0 Å².